The molecular formula is C7H10FN3O2. The number of anilines is 1. The topological polar surface area (TPSA) is 67.0 Å². The van der Waals surface area contributed by atoms with Crippen molar-refractivity contribution >= 4 is 5.82 Å². The maximum atomic E-state index is 11.8. The standard InChI is InChI=1S/C7H10FN3O2/c1-13-5-6(9-3-2-8)10-4-11-7(5)12/h4H,2-3H2,1H3,(H2,9,10,11,12). The molecule has 0 spiro atoms. The number of aromatic nitrogens is 2. The molecule has 1 rings (SSSR count). The van der Waals surface area contributed by atoms with Gasteiger partial charge in [-0.15, -0.1) is 0 Å². The van der Waals surface area contributed by atoms with Gasteiger partial charge in [0.1, 0.15) is 6.67 Å². The minimum atomic E-state index is -0.530. The van der Waals surface area contributed by atoms with Crippen LogP contribution in [0.25, 0.3) is 0 Å². The van der Waals surface area contributed by atoms with E-state index in [-0.39, 0.29) is 23.7 Å². The number of rotatable bonds is 4. The third kappa shape index (κ3) is 2.17. The molecule has 0 fully saturated rings. The quantitative estimate of drug-likeness (QED) is 0.704. The maximum Gasteiger partial charge on any atom is 0.295 e. The zero-order valence-electron chi connectivity index (χ0n) is 7.13. The molecule has 5 nitrogen and oxygen atoms in total. The van der Waals surface area contributed by atoms with Gasteiger partial charge in [0.15, 0.2) is 5.82 Å². The summed E-state index contributed by atoms with van der Waals surface area (Å²) in [5.74, 6) is 0.319. The molecule has 1 aromatic heterocycles. The SMILES string of the molecule is COc1c(NCCF)nc[nH]c1=O. The second-order valence-electron chi connectivity index (χ2n) is 2.23. The number of nitrogens with one attached hydrogen (secondary N) is 2. The number of methoxy groups -OCH3 is 1. The Morgan fingerprint density at radius 2 is 2.54 bits per heavy atom. The molecule has 13 heavy (non-hydrogen) atoms. The van der Waals surface area contributed by atoms with E-state index in [1.807, 2.05) is 0 Å². The summed E-state index contributed by atoms with van der Waals surface area (Å²) in [6.07, 6.45) is 1.23. The first kappa shape index (κ1) is 9.50. The van der Waals surface area contributed by atoms with Crippen LogP contribution in [0.1, 0.15) is 0 Å². The molecule has 0 radical (unpaired) electrons. The van der Waals surface area contributed by atoms with E-state index in [9.17, 15) is 9.18 Å². The van der Waals surface area contributed by atoms with Gasteiger partial charge in [-0.05, 0) is 0 Å². The maximum absolute atomic E-state index is 11.8. The first-order valence-corrected chi connectivity index (χ1v) is 3.71. The van der Waals surface area contributed by atoms with Crippen LogP contribution in [0.2, 0.25) is 0 Å². The van der Waals surface area contributed by atoms with Crippen molar-refractivity contribution < 1.29 is 9.13 Å². The van der Waals surface area contributed by atoms with Crippen LogP contribution in [0.5, 0.6) is 5.75 Å². The van der Waals surface area contributed by atoms with Crippen molar-refractivity contribution in [3.63, 3.8) is 0 Å². The summed E-state index contributed by atoms with van der Waals surface area (Å²) in [6.45, 7) is -0.426. The summed E-state index contributed by atoms with van der Waals surface area (Å²) >= 11 is 0. The number of halogens is 1. The van der Waals surface area contributed by atoms with E-state index in [0.717, 1.165) is 0 Å². The highest BCUT2D eigenvalue weighted by Crippen LogP contribution is 2.13. The zero-order chi connectivity index (χ0) is 9.68. The average Bonchev–Trinajstić information content (AvgIpc) is 2.15. The normalized spacial score (nSPS) is 9.69. The van der Waals surface area contributed by atoms with Crippen LogP contribution in [0.3, 0.4) is 0 Å². The van der Waals surface area contributed by atoms with Gasteiger partial charge >= 0.3 is 0 Å². The number of nitrogens with zero attached hydrogens (tertiary/aromatic N) is 1. The van der Waals surface area contributed by atoms with Crippen molar-refractivity contribution in [2.24, 2.45) is 0 Å². The molecule has 72 valence electrons. The molecule has 0 aliphatic rings. The molecule has 6 heteroatoms. The van der Waals surface area contributed by atoms with Crippen molar-refractivity contribution in [3.8, 4) is 5.75 Å². The van der Waals surface area contributed by atoms with Gasteiger partial charge in [0, 0.05) is 6.54 Å². The molecule has 1 aromatic rings. The van der Waals surface area contributed by atoms with Crippen molar-refractivity contribution in [1.82, 2.24) is 9.97 Å². The van der Waals surface area contributed by atoms with Crippen molar-refractivity contribution in [3.05, 3.63) is 16.7 Å². The lowest BCUT2D eigenvalue weighted by Crippen LogP contribution is -2.15. The molecule has 0 aliphatic heterocycles. The van der Waals surface area contributed by atoms with E-state index in [1.165, 1.54) is 13.4 Å². The largest absolute Gasteiger partial charge is 0.489 e. The Balaban J connectivity index is 2.92. The number of ether oxygens (including phenoxy) is 1. The lowest BCUT2D eigenvalue weighted by molar-refractivity contribution is 0.407. The number of hydrogen-bond donors (Lipinski definition) is 2. The van der Waals surface area contributed by atoms with Gasteiger partial charge < -0.3 is 15.0 Å². The predicted octanol–water partition coefficient (Wildman–Crippen LogP) is 0.160. The van der Waals surface area contributed by atoms with Crippen molar-refractivity contribution in [2.75, 3.05) is 25.6 Å². The Kier molecular flexibility index (Phi) is 3.24. The first-order valence-electron chi connectivity index (χ1n) is 3.71. The lowest BCUT2D eigenvalue weighted by Gasteiger charge is -2.06. The Labute approximate surface area is 74.0 Å². The first-order chi connectivity index (χ1) is 6.29. The molecule has 0 aromatic carbocycles. The fourth-order valence-electron chi connectivity index (χ4n) is 0.868. The van der Waals surface area contributed by atoms with Crippen LogP contribution in [-0.2, 0) is 0 Å². The third-order valence-corrected chi connectivity index (χ3v) is 1.40. The van der Waals surface area contributed by atoms with E-state index in [4.69, 9.17) is 4.74 Å². The third-order valence-electron chi connectivity index (χ3n) is 1.40. The lowest BCUT2D eigenvalue weighted by atomic mass is 10.5. The van der Waals surface area contributed by atoms with Crippen LogP contribution in [0, 0.1) is 0 Å². The average molecular weight is 187 g/mol. The Morgan fingerprint density at radius 3 is 3.15 bits per heavy atom. The van der Waals surface area contributed by atoms with Crippen LogP contribution >= 0.6 is 0 Å². The highest BCUT2D eigenvalue weighted by Gasteiger charge is 2.06. The second kappa shape index (κ2) is 4.44. The van der Waals surface area contributed by atoms with E-state index in [1.54, 1.807) is 0 Å². The molecule has 0 saturated heterocycles. The van der Waals surface area contributed by atoms with Gasteiger partial charge in [-0.3, -0.25) is 4.79 Å². The van der Waals surface area contributed by atoms with Gasteiger partial charge in [-0.2, -0.15) is 0 Å². The summed E-state index contributed by atoms with van der Waals surface area (Å²) < 4.78 is 16.6. The van der Waals surface area contributed by atoms with Crippen LogP contribution in [-0.4, -0.2) is 30.3 Å². The number of H-pyrrole nitrogens is 1. The zero-order valence-corrected chi connectivity index (χ0v) is 7.13. The number of aromatic amines is 1. The molecular weight excluding hydrogens is 177 g/mol. The Hall–Kier alpha value is -1.59. The van der Waals surface area contributed by atoms with Crippen LogP contribution < -0.4 is 15.6 Å². The smallest absolute Gasteiger partial charge is 0.295 e. The minimum Gasteiger partial charge on any atom is -0.489 e. The summed E-state index contributed by atoms with van der Waals surface area (Å²) in [5.41, 5.74) is -0.390. The van der Waals surface area contributed by atoms with Gasteiger partial charge in [-0.25, -0.2) is 9.37 Å². The molecule has 2 N–H and O–H groups in total. The minimum absolute atomic E-state index is 0.0657. The molecule has 0 unspecified atom stereocenters. The second-order valence-corrected chi connectivity index (χ2v) is 2.23. The van der Waals surface area contributed by atoms with Crippen LogP contribution in [0.4, 0.5) is 10.2 Å². The van der Waals surface area contributed by atoms with E-state index in [0.29, 0.717) is 0 Å². The van der Waals surface area contributed by atoms with E-state index < -0.39 is 6.67 Å². The molecule has 0 saturated carbocycles. The van der Waals surface area contributed by atoms with Crippen LogP contribution in [0.15, 0.2) is 11.1 Å². The fraction of sp³-hybridized carbons (Fsp3) is 0.429. The van der Waals surface area contributed by atoms with E-state index in [2.05, 4.69) is 15.3 Å². The molecule has 0 aliphatic carbocycles. The summed E-state index contributed by atoms with van der Waals surface area (Å²) in [7, 11) is 1.35. The molecule has 0 bridgehead atoms. The number of hydrogen-bond acceptors (Lipinski definition) is 4. The van der Waals surface area contributed by atoms with Gasteiger partial charge in [-0.1, -0.05) is 0 Å². The Bertz CT molecular complexity index is 326. The molecule has 0 amide bonds. The highest BCUT2D eigenvalue weighted by atomic mass is 19.1. The Morgan fingerprint density at radius 1 is 1.77 bits per heavy atom. The van der Waals surface area contributed by atoms with E-state index >= 15 is 0 Å². The van der Waals surface area contributed by atoms with Crippen molar-refractivity contribution in [2.45, 2.75) is 0 Å². The summed E-state index contributed by atoms with van der Waals surface area (Å²) in [5, 5.41) is 2.62. The summed E-state index contributed by atoms with van der Waals surface area (Å²) in [6, 6.07) is 0. The van der Waals surface area contributed by atoms with Gasteiger partial charge in [0.25, 0.3) is 5.56 Å². The molecule has 0 atom stereocenters. The van der Waals surface area contributed by atoms with Gasteiger partial charge in [0.2, 0.25) is 5.75 Å². The monoisotopic (exact) mass is 187 g/mol. The molecule has 1 heterocycles. The van der Waals surface area contributed by atoms with Crippen molar-refractivity contribution in [1.29, 1.82) is 0 Å². The summed E-state index contributed by atoms with van der Waals surface area (Å²) in [4.78, 5) is 17.2. The highest BCUT2D eigenvalue weighted by molar-refractivity contribution is 5.47. The fourth-order valence-corrected chi connectivity index (χ4v) is 0.868. The van der Waals surface area contributed by atoms with Gasteiger partial charge in [0.05, 0.1) is 13.4 Å². The number of alkyl halides is 1. The predicted molar refractivity (Wildman–Crippen MR) is 45.9 cm³/mol.